The maximum Gasteiger partial charge on any atom is 0.449 e. The van der Waals surface area contributed by atoms with Crippen molar-refractivity contribution < 1.29 is 67.1 Å². The smallest absolute Gasteiger partial charge is 0.449 e. The number of alkyl halides is 7. The molecule has 0 saturated carbocycles. The first-order valence-corrected chi connectivity index (χ1v) is 11.2. The van der Waals surface area contributed by atoms with E-state index in [0.717, 1.165) is 6.92 Å². The van der Waals surface area contributed by atoms with Crippen LogP contribution in [0.5, 0.6) is 0 Å². The minimum Gasteiger partial charge on any atom is -0.460 e. The van der Waals surface area contributed by atoms with Gasteiger partial charge >= 0.3 is 33.4 Å². The summed E-state index contributed by atoms with van der Waals surface area (Å²) in [6.45, 7) is 3.31. The molecule has 9 nitrogen and oxygen atoms in total. The molecule has 0 radical (unpaired) electrons. The van der Waals surface area contributed by atoms with Crippen LogP contribution in [0.25, 0.3) is 0 Å². The summed E-state index contributed by atoms with van der Waals surface area (Å²) in [7, 11) is -7.02. The third-order valence-corrected chi connectivity index (χ3v) is 6.32. The number of esters is 1. The van der Waals surface area contributed by atoms with E-state index in [2.05, 4.69) is 15.5 Å². The molecule has 0 bridgehead atoms. The number of hydrogen-bond acceptors (Lipinski definition) is 8. The highest BCUT2D eigenvalue weighted by Crippen LogP contribution is 2.47. The maximum atomic E-state index is 15.0. The van der Waals surface area contributed by atoms with Crippen LogP contribution in [0.1, 0.15) is 33.6 Å². The SMILES string of the molecule is C=C(C)C(=O)OCCNC(=O)C(F)(C(F)(F)F)S(=O)(=O)OC(C)(CC1(C)OCCCO1)C(F)(F)F. The Morgan fingerprint density at radius 1 is 1.06 bits per heavy atom. The van der Waals surface area contributed by atoms with Crippen molar-refractivity contribution in [2.24, 2.45) is 0 Å². The number of carbonyl (C=O) groups excluding carboxylic acids is 2. The number of halogens is 7. The quantitative estimate of drug-likeness (QED) is 0.146. The van der Waals surface area contributed by atoms with Crippen molar-refractivity contribution in [1.29, 1.82) is 0 Å². The van der Waals surface area contributed by atoms with Gasteiger partial charge in [0, 0.05) is 12.0 Å². The summed E-state index contributed by atoms with van der Waals surface area (Å²) < 4.78 is 140. The highest BCUT2D eigenvalue weighted by Gasteiger charge is 2.74. The molecule has 35 heavy (non-hydrogen) atoms. The first kappa shape index (κ1) is 31.1. The van der Waals surface area contributed by atoms with Crippen molar-refractivity contribution in [3.05, 3.63) is 12.2 Å². The molecule has 17 heteroatoms. The maximum absolute atomic E-state index is 15.0. The second-order valence-electron chi connectivity index (χ2n) is 7.89. The van der Waals surface area contributed by atoms with Crippen molar-refractivity contribution in [2.45, 2.75) is 62.4 Å². The Labute approximate surface area is 196 Å². The molecule has 2 unspecified atom stereocenters. The van der Waals surface area contributed by atoms with Gasteiger partial charge in [-0.2, -0.15) is 34.8 Å². The lowest BCUT2D eigenvalue weighted by Crippen LogP contribution is -2.62. The molecule has 0 aliphatic carbocycles. The van der Waals surface area contributed by atoms with Crippen molar-refractivity contribution in [3.8, 4) is 0 Å². The first-order valence-electron chi connectivity index (χ1n) is 9.78. The van der Waals surface area contributed by atoms with Gasteiger partial charge in [-0.05, 0) is 27.2 Å². The molecule has 1 rings (SSSR count). The number of carbonyl (C=O) groups is 2. The topological polar surface area (TPSA) is 117 Å². The van der Waals surface area contributed by atoms with Crippen molar-refractivity contribution in [2.75, 3.05) is 26.4 Å². The average Bonchev–Trinajstić information content (AvgIpc) is 2.67. The highest BCUT2D eigenvalue weighted by molar-refractivity contribution is 7.89. The van der Waals surface area contributed by atoms with Crippen LogP contribution in [0.4, 0.5) is 30.7 Å². The van der Waals surface area contributed by atoms with Gasteiger partial charge in [-0.25, -0.2) is 9.18 Å². The lowest BCUT2D eigenvalue weighted by Gasteiger charge is -2.41. The van der Waals surface area contributed by atoms with Crippen molar-refractivity contribution in [1.82, 2.24) is 5.32 Å². The Kier molecular flexibility index (Phi) is 9.37. The summed E-state index contributed by atoms with van der Waals surface area (Å²) in [4.78, 5) is 23.2. The van der Waals surface area contributed by atoms with Crippen LogP contribution in [0.15, 0.2) is 12.2 Å². The molecule has 1 heterocycles. The van der Waals surface area contributed by atoms with Crippen LogP contribution in [0.2, 0.25) is 0 Å². The highest BCUT2D eigenvalue weighted by atomic mass is 32.2. The largest absolute Gasteiger partial charge is 0.460 e. The van der Waals surface area contributed by atoms with Gasteiger partial charge in [-0.3, -0.25) is 8.98 Å². The summed E-state index contributed by atoms with van der Waals surface area (Å²) in [6.07, 6.45) is -13.5. The molecule has 2 atom stereocenters. The Hall–Kier alpha value is -1.98. The van der Waals surface area contributed by atoms with E-state index in [9.17, 15) is 48.7 Å². The van der Waals surface area contributed by atoms with Crippen molar-refractivity contribution in [3.63, 3.8) is 0 Å². The molecule has 1 N–H and O–H groups in total. The monoisotopic (exact) mass is 547 g/mol. The Morgan fingerprint density at radius 3 is 2.00 bits per heavy atom. The lowest BCUT2D eigenvalue weighted by molar-refractivity contribution is -0.312. The number of amides is 1. The average molecular weight is 547 g/mol. The van der Waals surface area contributed by atoms with E-state index < -0.39 is 70.3 Å². The summed E-state index contributed by atoms with van der Waals surface area (Å²) in [5.41, 5.74) is -4.13. The summed E-state index contributed by atoms with van der Waals surface area (Å²) >= 11 is 0. The zero-order valence-electron chi connectivity index (χ0n) is 18.8. The minimum absolute atomic E-state index is 0.0445. The van der Waals surface area contributed by atoms with E-state index in [1.807, 2.05) is 0 Å². The second-order valence-corrected chi connectivity index (χ2v) is 9.53. The fourth-order valence-corrected chi connectivity index (χ4v) is 4.13. The van der Waals surface area contributed by atoms with Gasteiger partial charge in [0.2, 0.25) is 0 Å². The Balaban J connectivity index is 3.26. The molecular formula is C18H24F7NO8S. The second kappa shape index (κ2) is 10.6. The van der Waals surface area contributed by atoms with Crippen LogP contribution >= 0.6 is 0 Å². The van der Waals surface area contributed by atoms with Gasteiger partial charge in [0.1, 0.15) is 6.61 Å². The third kappa shape index (κ3) is 7.04. The molecule has 0 aromatic rings. The molecule has 1 amide bonds. The van der Waals surface area contributed by atoms with Gasteiger partial charge in [-0.1, -0.05) is 6.58 Å². The van der Waals surface area contributed by atoms with Crippen LogP contribution in [-0.4, -0.2) is 75.4 Å². The van der Waals surface area contributed by atoms with Gasteiger partial charge < -0.3 is 19.5 Å². The summed E-state index contributed by atoms with van der Waals surface area (Å²) in [5.74, 6) is -6.08. The molecular weight excluding hydrogens is 523 g/mol. The van der Waals surface area contributed by atoms with Crippen LogP contribution in [0.3, 0.4) is 0 Å². The van der Waals surface area contributed by atoms with E-state index in [-0.39, 0.29) is 32.1 Å². The predicted octanol–water partition coefficient (Wildman–Crippen LogP) is 2.66. The zero-order chi connectivity index (χ0) is 27.5. The molecule has 0 aromatic heterocycles. The van der Waals surface area contributed by atoms with Gasteiger partial charge in [0.25, 0.3) is 5.91 Å². The molecule has 1 aliphatic rings. The van der Waals surface area contributed by atoms with E-state index >= 15 is 0 Å². The number of hydrogen-bond donors (Lipinski definition) is 1. The van der Waals surface area contributed by atoms with E-state index in [0.29, 0.717) is 0 Å². The first-order chi connectivity index (χ1) is 15.6. The summed E-state index contributed by atoms with van der Waals surface area (Å²) in [5, 5.41) is -4.75. The molecule has 1 saturated heterocycles. The number of ether oxygens (including phenoxy) is 3. The molecule has 0 aromatic carbocycles. The van der Waals surface area contributed by atoms with Crippen LogP contribution < -0.4 is 5.32 Å². The molecule has 0 spiro atoms. The standard InChI is InChI=1S/C18H24F7NO8S/c1-11(2)12(27)31-9-6-26-13(28)16(19,18(23,24)25)35(29,30)34-14(3,17(20,21)22)10-15(4)32-7-5-8-33-15/h1,5-10H2,2-4H3,(H,26,28). The van der Waals surface area contributed by atoms with Crippen LogP contribution in [0, 0.1) is 0 Å². The molecule has 1 fully saturated rings. The van der Waals surface area contributed by atoms with E-state index in [1.54, 1.807) is 0 Å². The van der Waals surface area contributed by atoms with Gasteiger partial charge in [-0.15, -0.1) is 0 Å². The van der Waals surface area contributed by atoms with Gasteiger partial charge in [0.05, 0.1) is 19.8 Å². The third-order valence-electron chi connectivity index (χ3n) is 4.63. The van der Waals surface area contributed by atoms with Crippen LogP contribution in [-0.2, 0) is 38.1 Å². The van der Waals surface area contributed by atoms with Gasteiger partial charge in [0.15, 0.2) is 11.4 Å². The molecule has 1 aliphatic heterocycles. The normalized spacial score (nSPS) is 20.3. The molecule has 204 valence electrons. The number of rotatable bonds is 10. The number of nitrogens with one attached hydrogen (secondary N) is 1. The Bertz CT molecular complexity index is 915. The minimum atomic E-state index is -7.02. The van der Waals surface area contributed by atoms with Crippen molar-refractivity contribution >= 4 is 22.0 Å². The fraction of sp³-hybridized carbons (Fsp3) is 0.778. The fourth-order valence-electron chi connectivity index (χ4n) is 2.80. The lowest BCUT2D eigenvalue weighted by atomic mass is 9.95. The van der Waals surface area contributed by atoms with E-state index in [4.69, 9.17) is 9.47 Å². The summed E-state index contributed by atoms with van der Waals surface area (Å²) in [6, 6.07) is 0. The zero-order valence-corrected chi connectivity index (χ0v) is 19.6. The Morgan fingerprint density at radius 2 is 1.57 bits per heavy atom. The predicted molar refractivity (Wildman–Crippen MR) is 103 cm³/mol. The van der Waals surface area contributed by atoms with E-state index in [1.165, 1.54) is 12.2 Å².